The first kappa shape index (κ1) is 10.5. The number of rotatable bonds is 1. The molecule has 2 rings (SSSR count). The van der Waals surface area contributed by atoms with Crippen LogP contribution in [-0.4, -0.2) is 34.4 Å². The molecule has 0 spiro atoms. The topological polar surface area (TPSA) is 21.1 Å². The zero-order chi connectivity index (χ0) is 11.1. The first-order valence-corrected chi connectivity index (χ1v) is 4.74. The van der Waals surface area contributed by atoms with Gasteiger partial charge < -0.3 is 4.90 Å². The molecule has 0 aromatic carbocycles. The monoisotopic (exact) mass is 219 g/mol. The standard InChI is InChI=1S/C9H12F3N3/c1-14-3-2-8-7(4-14)5-15(13-8)6-9(10,11)12/h5H,2-4,6H2,1H3. The van der Waals surface area contributed by atoms with E-state index in [1.807, 2.05) is 7.05 Å². The number of alkyl halides is 3. The van der Waals surface area contributed by atoms with E-state index < -0.39 is 12.7 Å². The summed E-state index contributed by atoms with van der Waals surface area (Å²) in [7, 11) is 1.95. The highest BCUT2D eigenvalue weighted by molar-refractivity contribution is 5.19. The lowest BCUT2D eigenvalue weighted by molar-refractivity contribution is -0.142. The summed E-state index contributed by atoms with van der Waals surface area (Å²) in [6.07, 6.45) is -1.96. The molecule has 0 amide bonds. The van der Waals surface area contributed by atoms with E-state index >= 15 is 0 Å². The van der Waals surface area contributed by atoms with Gasteiger partial charge >= 0.3 is 6.18 Å². The highest BCUT2D eigenvalue weighted by Crippen LogP contribution is 2.20. The van der Waals surface area contributed by atoms with Crippen molar-refractivity contribution in [2.45, 2.75) is 25.7 Å². The number of halogens is 3. The smallest absolute Gasteiger partial charge is 0.302 e. The van der Waals surface area contributed by atoms with Gasteiger partial charge in [0.25, 0.3) is 0 Å². The molecular weight excluding hydrogens is 207 g/mol. The summed E-state index contributed by atoms with van der Waals surface area (Å²) in [4.78, 5) is 2.07. The van der Waals surface area contributed by atoms with Crippen LogP contribution in [-0.2, 0) is 19.5 Å². The quantitative estimate of drug-likeness (QED) is 0.712. The lowest BCUT2D eigenvalue weighted by atomic mass is 10.1. The van der Waals surface area contributed by atoms with Crippen molar-refractivity contribution in [3.8, 4) is 0 Å². The van der Waals surface area contributed by atoms with Crippen LogP contribution in [0.3, 0.4) is 0 Å². The molecule has 0 bridgehead atoms. The van der Waals surface area contributed by atoms with Crippen LogP contribution in [0.5, 0.6) is 0 Å². The largest absolute Gasteiger partial charge is 0.408 e. The molecule has 6 heteroatoms. The van der Waals surface area contributed by atoms with Crippen LogP contribution in [0.1, 0.15) is 11.3 Å². The van der Waals surface area contributed by atoms with E-state index in [0.717, 1.165) is 28.9 Å². The third-order valence-corrected chi connectivity index (χ3v) is 2.44. The lowest BCUT2D eigenvalue weighted by Crippen LogP contribution is -2.25. The first-order chi connectivity index (χ1) is 6.94. The molecule has 0 aliphatic carbocycles. The molecule has 0 unspecified atom stereocenters. The van der Waals surface area contributed by atoms with Crippen LogP contribution in [0.25, 0.3) is 0 Å². The van der Waals surface area contributed by atoms with Crippen molar-refractivity contribution in [1.29, 1.82) is 0 Å². The van der Waals surface area contributed by atoms with Gasteiger partial charge in [-0.1, -0.05) is 0 Å². The molecule has 1 aliphatic rings. The molecule has 0 fully saturated rings. The van der Waals surface area contributed by atoms with Gasteiger partial charge in [-0.25, -0.2) is 0 Å². The second-order valence-electron chi connectivity index (χ2n) is 3.90. The Morgan fingerprint density at radius 1 is 1.47 bits per heavy atom. The number of hydrogen-bond acceptors (Lipinski definition) is 2. The fraction of sp³-hybridized carbons (Fsp3) is 0.667. The van der Waals surface area contributed by atoms with Crippen molar-refractivity contribution in [2.75, 3.05) is 13.6 Å². The van der Waals surface area contributed by atoms with E-state index in [1.54, 1.807) is 0 Å². The van der Waals surface area contributed by atoms with Crippen molar-refractivity contribution >= 4 is 0 Å². The molecule has 0 saturated heterocycles. The van der Waals surface area contributed by atoms with E-state index in [2.05, 4.69) is 10.00 Å². The van der Waals surface area contributed by atoms with Gasteiger partial charge in [-0.3, -0.25) is 4.68 Å². The van der Waals surface area contributed by atoms with Crippen LogP contribution in [0, 0.1) is 0 Å². The second-order valence-corrected chi connectivity index (χ2v) is 3.90. The summed E-state index contributed by atoms with van der Waals surface area (Å²) in [5.74, 6) is 0. The minimum absolute atomic E-state index is 0.688. The fourth-order valence-electron chi connectivity index (χ4n) is 1.78. The Kier molecular flexibility index (Phi) is 2.46. The highest BCUT2D eigenvalue weighted by Gasteiger charge is 2.29. The first-order valence-electron chi connectivity index (χ1n) is 4.74. The average Bonchev–Trinajstić information content (AvgIpc) is 2.42. The molecule has 1 aliphatic heterocycles. The number of nitrogens with zero attached hydrogens (tertiary/aromatic N) is 3. The Balaban J connectivity index is 2.16. The van der Waals surface area contributed by atoms with Crippen molar-refractivity contribution in [1.82, 2.24) is 14.7 Å². The lowest BCUT2D eigenvalue weighted by Gasteiger charge is -2.20. The molecular formula is C9H12F3N3. The minimum atomic E-state index is -4.19. The van der Waals surface area contributed by atoms with Gasteiger partial charge in [0.15, 0.2) is 0 Å². The summed E-state index contributed by atoms with van der Waals surface area (Å²) >= 11 is 0. The van der Waals surface area contributed by atoms with Gasteiger partial charge in [0, 0.05) is 31.3 Å². The van der Waals surface area contributed by atoms with E-state index in [1.165, 1.54) is 6.20 Å². The van der Waals surface area contributed by atoms with Crippen molar-refractivity contribution < 1.29 is 13.2 Å². The summed E-state index contributed by atoms with van der Waals surface area (Å²) in [5.41, 5.74) is 1.71. The minimum Gasteiger partial charge on any atom is -0.302 e. The molecule has 1 aromatic rings. The molecule has 0 radical (unpaired) electrons. The molecule has 0 atom stereocenters. The average molecular weight is 219 g/mol. The summed E-state index contributed by atoms with van der Waals surface area (Å²) in [6, 6.07) is 0. The number of fused-ring (bicyclic) bond motifs is 1. The Bertz CT molecular complexity index is 356. The third kappa shape index (κ3) is 2.50. The molecule has 1 aromatic heterocycles. The maximum absolute atomic E-state index is 12.1. The highest BCUT2D eigenvalue weighted by atomic mass is 19.4. The van der Waals surface area contributed by atoms with Crippen molar-refractivity contribution in [2.24, 2.45) is 0 Å². The van der Waals surface area contributed by atoms with Crippen LogP contribution in [0.15, 0.2) is 6.20 Å². The van der Waals surface area contributed by atoms with Crippen LogP contribution < -0.4 is 0 Å². The van der Waals surface area contributed by atoms with Crippen LogP contribution in [0.4, 0.5) is 13.2 Å². The van der Waals surface area contributed by atoms with Gasteiger partial charge in [0.05, 0.1) is 5.69 Å². The predicted molar refractivity (Wildman–Crippen MR) is 48.3 cm³/mol. The number of likely N-dealkylation sites (N-methyl/N-ethyl adjacent to an activating group) is 1. The maximum Gasteiger partial charge on any atom is 0.408 e. The molecule has 84 valence electrons. The Labute approximate surface area is 85.5 Å². The van der Waals surface area contributed by atoms with Gasteiger partial charge in [-0.15, -0.1) is 0 Å². The molecule has 2 heterocycles. The van der Waals surface area contributed by atoms with Gasteiger partial charge in [0.1, 0.15) is 6.54 Å². The van der Waals surface area contributed by atoms with Gasteiger partial charge in [-0.2, -0.15) is 18.3 Å². The van der Waals surface area contributed by atoms with Gasteiger partial charge in [0.2, 0.25) is 0 Å². The summed E-state index contributed by atoms with van der Waals surface area (Å²) in [6.45, 7) is 0.549. The van der Waals surface area contributed by atoms with E-state index in [-0.39, 0.29) is 0 Å². The number of hydrogen-bond donors (Lipinski definition) is 0. The second kappa shape index (κ2) is 3.52. The predicted octanol–water partition coefficient (Wildman–Crippen LogP) is 1.43. The Morgan fingerprint density at radius 2 is 2.20 bits per heavy atom. The zero-order valence-electron chi connectivity index (χ0n) is 8.38. The van der Waals surface area contributed by atoms with Crippen LogP contribution in [0.2, 0.25) is 0 Å². The normalized spacial score (nSPS) is 17.9. The van der Waals surface area contributed by atoms with Gasteiger partial charge in [-0.05, 0) is 7.05 Å². The molecule has 0 saturated carbocycles. The van der Waals surface area contributed by atoms with Crippen molar-refractivity contribution in [3.63, 3.8) is 0 Å². The Hall–Kier alpha value is -1.04. The molecule has 3 nitrogen and oxygen atoms in total. The Morgan fingerprint density at radius 3 is 2.87 bits per heavy atom. The summed E-state index contributed by atoms with van der Waals surface area (Å²) < 4.78 is 37.3. The van der Waals surface area contributed by atoms with E-state index in [4.69, 9.17) is 0 Å². The van der Waals surface area contributed by atoms with E-state index in [9.17, 15) is 13.2 Å². The maximum atomic E-state index is 12.1. The van der Waals surface area contributed by atoms with Crippen molar-refractivity contribution in [3.05, 3.63) is 17.5 Å². The fourth-order valence-corrected chi connectivity index (χ4v) is 1.78. The third-order valence-electron chi connectivity index (χ3n) is 2.44. The van der Waals surface area contributed by atoms with E-state index in [0.29, 0.717) is 6.54 Å². The molecule has 15 heavy (non-hydrogen) atoms. The SMILES string of the molecule is CN1CCc2nn(CC(F)(F)F)cc2C1. The zero-order valence-corrected chi connectivity index (χ0v) is 8.38. The molecule has 0 N–H and O–H groups in total. The van der Waals surface area contributed by atoms with Crippen LogP contribution >= 0.6 is 0 Å². The summed E-state index contributed by atoms with van der Waals surface area (Å²) in [5, 5.41) is 3.94. The number of aromatic nitrogens is 2.